The molecule has 0 atom stereocenters. The van der Waals surface area contributed by atoms with Crippen LogP contribution in [0, 0.1) is 0 Å². The fourth-order valence-electron chi connectivity index (χ4n) is 3.19. The van der Waals surface area contributed by atoms with Crippen LogP contribution in [0.3, 0.4) is 0 Å². The van der Waals surface area contributed by atoms with Crippen LogP contribution >= 0.6 is 11.3 Å². The average molecular weight is 437 g/mol. The van der Waals surface area contributed by atoms with Crippen molar-refractivity contribution in [2.45, 2.75) is 11.4 Å². The highest BCUT2D eigenvalue weighted by Crippen LogP contribution is 2.16. The third-order valence-electron chi connectivity index (χ3n) is 4.75. The summed E-state index contributed by atoms with van der Waals surface area (Å²) in [7, 11) is -1.39. The first-order valence-corrected chi connectivity index (χ1v) is 12.4. The molecule has 2 heterocycles. The summed E-state index contributed by atoms with van der Waals surface area (Å²) in [6, 6.07) is 10.8. The molecule has 1 aliphatic heterocycles. The van der Waals surface area contributed by atoms with Gasteiger partial charge in [-0.1, -0.05) is 6.07 Å². The van der Waals surface area contributed by atoms with E-state index in [1.165, 1.54) is 11.1 Å². The Hall–Kier alpha value is -2.10. The van der Waals surface area contributed by atoms with Crippen LogP contribution in [0.2, 0.25) is 0 Å². The number of piperazine rings is 1. The Kier molecular flexibility index (Phi) is 7.51. The number of rotatable bonds is 7. The van der Waals surface area contributed by atoms with Crippen molar-refractivity contribution < 1.29 is 13.2 Å². The van der Waals surface area contributed by atoms with Crippen LogP contribution in [0.5, 0.6) is 5.75 Å². The molecule has 0 amide bonds. The van der Waals surface area contributed by atoms with Gasteiger partial charge in [-0.2, -0.15) is 0 Å². The number of benzene rings is 1. The van der Waals surface area contributed by atoms with Gasteiger partial charge in [0, 0.05) is 50.9 Å². The van der Waals surface area contributed by atoms with Crippen LogP contribution in [0.1, 0.15) is 4.88 Å². The largest absolute Gasteiger partial charge is 0.492 e. The van der Waals surface area contributed by atoms with Crippen LogP contribution in [0.4, 0.5) is 0 Å². The van der Waals surface area contributed by atoms with E-state index in [0.29, 0.717) is 23.8 Å². The van der Waals surface area contributed by atoms with Crippen molar-refractivity contribution in [3.8, 4) is 5.75 Å². The lowest BCUT2D eigenvalue weighted by molar-refractivity contribution is 0.173. The fraction of sp³-hybridized carbons (Fsp3) is 0.450. The van der Waals surface area contributed by atoms with E-state index in [-0.39, 0.29) is 0 Å². The Labute approximate surface area is 176 Å². The Bertz CT molecular complexity index is 888. The topological polar surface area (TPSA) is 74.2 Å². The van der Waals surface area contributed by atoms with Crippen LogP contribution < -0.4 is 10.1 Å². The third-order valence-corrected chi connectivity index (χ3v) is 6.74. The first-order valence-electron chi connectivity index (χ1n) is 9.59. The molecule has 1 aromatic carbocycles. The normalized spacial score (nSPS) is 16.1. The van der Waals surface area contributed by atoms with E-state index in [0.717, 1.165) is 38.7 Å². The molecular weight excluding hydrogens is 408 g/mol. The van der Waals surface area contributed by atoms with Gasteiger partial charge in [0.1, 0.15) is 12.4 Å². The molecular formula is C20H28N4O3S2. The molecule has 3 rings (SSSR count). The summed E-state index contributed by atoms with van der Waals surface area (Å²) in [5.41, 5.74) is 0. The number of guanidine groups is 1. The Morgan fingerprint density at radius 1 is 1.17 bits per heavy atom. The van der Waals surface area contributed by atoms with Gasteiger partial charge in [0.15, 0.2) is 15.8 Å². The average Bonchev–Trinajstić information content (AvgIpc) is 3.22. The van der Waals surface area contributed by atoms with Gasteiger partial charge in [-0.3, -0.25) is 9.89 Å². The first kappa shape index (κ1) is 21.6. The SMILES string of the molecule is CN=C(NCCOc1ccc(S(C)(=O)=O)cc1)N1CCN(Cc2cccs2)CC1. The maximum Gasteiger partial charge on any atom is 0.193 e. The number of nitrogens with zero attached hydrogens (tertiary/aromatic N) is 3. The quantitative estimate of drug-likeness (QED) is 0.406. The number of sulfone groups is 1. The third kappa shape index (κ3) is 6.45. The van der Waals surface area contributed by atoms with Crippen LogP contribution in [-0.2, 0) is 16.4 Å². The predicted octanol–water partition coefficient (Wildman–Crippen LogP) is 1.92. The van der Waals surface area contributed by atoms with E-state index in [9.17, 15) is 8.42 Å². The molecule has 0 spiro atoms. The summed E-state index contributed by atoms with van der Waals surface area (Å²) >= 11 is 1.81. The van der Waals surface area contributed by atoms with Crippen molar-refractivity contribution in [3.63, 3.8) is 0 Å². The molecule has 1 aromatic heterocycles. The molecule has 29 heavy (non-hydrogen) atoms. The van der Waals surface area contributed by atoms with Crippen molar-refractivity contribution in [1.29, 1.82) is 0 Å². The molecule has 2 aromatic rings. The molecule has 9 heteroatoms. The fourth-order valence-corrected chi connectivity index (χ4v) is 4.56. The molecule has 158 valence electrons. The van der Waals surface area contributed by atoms with Gasteiger partial charge in [0.25, 0.3) is 0 Å². The molecule has 0 radical (unpaired) electrons. The van der Waals surface area contributed by atoms with Crippen molar-refractivity contribution in [1.82, 2.24) is 15.1 Å². The van der Waals surface area contributed by atoms with E-state index in [1.807, 2.05) is 0 Å². The van der Waals surface area contributed by atoms with Gasteiger partial charge < -0.3 is 15.0 Å². The number of nitrogens with one attached hydrogen (secondary N) is 1. The van der Waals surface area contributed by atoms with Gasteiger partial charge in [-0.05, 0) is 35.7 Å². The zero-order chi connectivity index (χ0) is 20.7. The molecule has 0 unspecified atom stereocenters. The Balaban J connectivity index is 1.38. The van der Waals surface area contributed by atoms with Crippen molar-refractivity contribution in [2.24, 2.45) is 4.99 Å². The lowest BCUT2D eigenvalue weighted by atomic mass is 10.3. The molecule has 1 aliphatic rings. The number of hydrogen-bond acceptors (Lipinski definition) is 6. The lowest BCUT2D eigenvalue weighted by Gasteiger charge is -2.36. The van der Waals surface area contributed by atoms with Crippen molar-refractivity contribution >= 4 is 27.1 Å². The molecule has 7 nitrogen and oxygen atoms in total. The predicted molar refractivity (Wildman–Crippen MR) is 118 cm³/mol. The van der Waals surface area contributed by atoms with Gasteiger partial charge in [0.05, 0.1) is 11.4 Å². The lowest BCUT2D eigenvalue weighted by Crippen LogP contribution is -2.52. The second-order valence-electron chi connectivity index (χ2n) is 6.91. The van der Waals surface area contributed by atoms with E-state index in [1.54, 1.807) is 42.6 Å². The van der Waals surface area contributed by atoms with E-state index in [2.05, 4.69) is 37.6 Å². The van der Waals surface area contributed by atoms with Crippen LogP contribution in [-0.4, -0.2) is 76.8 Å². The summed E-state index contributed by atoms with van der Waals surface area (Å²) in [6.07, 6.45) is 1.19. The zero-order valence-electron chi connectivity index (χ0n) is 16.9. The molecule has 1 fully saturated rings. The molecule has 1 saturated heterocycles. The molecule has 0 bridgehead atoms. The monoisotopic (exact) mass is 436 g/mol. The second-order valence-corrected chi connectivity index (χ2v) is 9.96. The highest BCUT2D eigenvalue weighted by Gasteiger charge is 2.19. The van der Waals surface area contributed by atoms with Crippen LogP contribution in [0.25, 0.3) is 0 Å². The number of aliphatic imine (C=N–C) groups is 1. The number of thiophene rings is 1. The van der Waals surface area contributed by atoms with Crippen molar-refractivity contribution in [2.75, 3.05) is 52.6 Å². The highest BCUT2D eigenvalue weighted by atomic mass is 32.2. The van der Waals surface area contributed by atoms with Gasteiger partial charge in [-0.25, -0.2) is 8.42 Å². The van der Waals surface area contributed by atoms with E-state index < -0.39 is 9.84 Å². The van der Waals surface area contributed by atoms with Gasteiger partial charge >= 0.3 is 0 Å². The number of hydrogen-bond donors (Lipinski definition) is 1. The summed E-state index contributed by atoms with van der Waals surface area (Å²) in [5, 5.41) is 5.47. The maximum atomic E-state index is 11.5. The minimum absolute atomic E-state index is 0.293. The van der Waals surface area contributed by atoms with Gasteiger partial charge in [0.2, 0.25) is 0 Å². The van der Waals surface area contributed by atoms with Gasteiger partial charge in [-0.15, -0.1) is 11.3 Å². The maximum absolute atomic E-state index is 11.5. The van der Waals surface area contributed by atoms with E-state index in [4.69, 9.17) is 4.74 Å². The smallest absolute Gasteiger partial charge is 0.193 e. The van der Waals surface area contributed by atoms with Crippen LogP contribution in [0.15, 0.2) is 51.7 Å². The van der Waals surface area contributed by atoms with Crippen molar-refractivity contribution in [3.05, 3.63) is 46.7 Å². The Morgan fingerprint density at radius 3 is 2.48 bits per heavy atom. The summed E-state index contributed by atoms with van der Waals surface area (Å²) in [4.78, 5) is 10.8. The summed E-state index contributed by atoms with van der Waals surface area (Å²) < 4.78 is 28.7. The standard InChI is InChI=1S/C20H28N4O3S2/c1-21-20(24-12-10-23(11-13-24)16-18-4-3-15-28-18)22-9-14-27-17-5-7-19(8-6-17)29(2,25)26/h3-8,15H,9-14,16H2,1-2H3,(H,21,22). The summed E-state index contributed by atoms with van der Waals surface area (Å²) in [5.74, 6) is 1.54. The summed E-state index contributed by atoms with van der Waals surface area (Å²) in [6.45, 7) is 6.02. The minimum Gasteiger partial charge on any atom is -0.492 e. The second kappa shape index (κ2) is 10.1. The minimum atomic E-state index is -3.18. The Morgan fingerprint density at radius 2 is 1.90 bits per heavy atom. The van der Waals surface area contributed by atoms with E-state index >= 15 is 0 Å². The molecule has 0 aliphatic carbocycles. The first-order chi connectivity index (χ1) is 14.0. The highest BCUT2D eigenvalue weighted by molar-refractivity contribution is 7.90. The molecule has 1 N–H and O–H groups in total. The number of ether oxygens (including phenoxy) is 1. The molecule has 0 saturated carbocycles. The zero-order valence-corrected chi connectivity index (χ0v) is 18.5.